The van der Waals surface area contributed by atoms with Crippen LogP contribution >= 0.6 is 0 Å². The van der Waals surface area contributed by atoms with Crippen LogP contribution in [-0.4, -0.2) is 30.5 Å². The van der Waals surface area contributed by atoms with Crippen molar-refractivity contribution in [2.45, 2.75) is 32.2 Å². The SMILES string of the molecule is CN(C(=O)CCCCCNC(=O)NCc1cnco1)c1ccccc1F. The van der Waals surface area contributed by atoms with Gasteiger partial charge in [0.25, 0.3) is 0 Å². The standard InChI is InChI=1S/C18H23FN4O3/c1-23(16-8-5-4-7-15(16)19)17(24)9-3-2-6-10-21-18(25)22-12-14-11-20-13-26-14/h4-5,7-8,11,13H,2-3,6,9-10,12H2,1H3,(H2,21,22,25). The van der Waals surface area contributed by atoms with E-state index in [2.05, 4.69) is 15.6 Å². The number of urea groups is 1. The lowest BCUT2D eigenvalue weighted by atomic mass is 10.1. The molecule has 0 spiro atoms. The van der Waals surface area contributed by atoms with E-state index >= 15 is 0 Å². The van der Waals surface area contributed by atoms with Crippen molar-refractivity contribution in [2.24, 2.45) is 0 Å². The van der Waals surface area contributed by atoms with Gasteiger partial charge in [-0.15, -0.1) is 0 Å². The van der Waals surface area contributed by atoms with Gasteiger partial charge in [0.1, 0.15) is 11.6 Å². The van der Waals surface area contributed by atoms with Gasteiger partial charge in [0.15, 0.2) is 6.39 Å². The molecule has 1 aromatic heterocycles. The number of carbonyl (C=O) groups excluding carboxylic acids is 2. The van der Waals surface area contributed by atoms with Crippen LogP contribution in [0.15, 0.2) is 41.3 Å². The largest absolute Gasteiger partial charge is 0.447 e. The third-order valence-electron chi connectivity index (χ3n) is 3.85. The van der Waals surface area contributed by atoms with Gasteiger partial charge in [-0.05, 0) is 25.0 Å². The van der Waals surface area contributed by atoms with E-state index in [0.29, 0.717) is 25.1 Å². The fraction of sp³-hybridized carbons (Fsp3) is 0.389. The third-order valence-corrected chi connectivity index (χ3v) is 3.85. The summed E-state index contributed by atoms with van der Waals surface area (Å²) in [4.78, 5) is 28.8. The van der Waals surface area contributed by atoms with Gasteiger partial charge in [0, 0.05) is 20.0 Å². The molecule has 0 aliphatic heterocycles. The second-order valence-electron chi connectivity index (χ2n) is 5.79. The number of oxazole rings is 1. The van der Waals surface area contributed by atoms with Crippen molar-refractivity contribution >= 4 is 17.6 Å². The van der Waals surface area contributed by atoms with Crippen molar-refractivity contribution in [1.82, 2.24) is 15.6 Å². The molecule has 1 aromatic carbocycles. The van der Waals surface area contributed by atoms with E-state index in [1.807, 2.05) is 0 Å². The number of carbonyl (C=O) groups is 2. The monoisotopic (exact) mass is 362 g/mol. The average molecular weight is 362 g/mol. The Labute approximate surface area is 151 Å². The second-order valence-corrected chi connectivity index (χ2v) is 5.79. The number of hydrogen-bond donors (Lipinski definition) is 2. The maximum atomic E-state index is 13.7. The van der Waals surface area contributed by atoms with Gasteiger partial charge < -0.3 is 20.0 Å². The Balaban J connectivity index is 1.55. The Hall–Kier alpha value is -2.90. The first-order valence-corrected chi connectivity index (χ1v) is 8.48. The van der Waals surface area contributed by atoms with Gasteiger partial charge in [-0.3, -0.25) is 4.79 Å². The molecular formula is C18H23FN4O3. The molecule has 0 bridgehead atoms. The van der Waals surface area contributed by atoms with Crippen LogP contribution in [0.25, 0.3) is 0 Å². The van der Waals surface area contributed by atoms with E-state index in [0.717, 1.165) is 12.8 Å². The zero-order chi connectivity index (χ0) is 18.8. The summed E-state index contributed by atoms with van der Waals surface area (Å²) < 4.78 is 18.7. The van der Waals surface area contributed by atoms with Crippen LogP contribution in [0.5, 0.6) is 0 Å². The molecule has 3 amide bonds. The highest BCUT2D eigenvalue weighted by molar-refractivity contribution is 5.92. The molecule has 7 nitrogen and oxygen atoms in total. The third kappa shape index (κ3) is 6.19. The van der Waals surface area contributed by atoms with Crippen molar-refractivity contribution in [3.05, 3.63) is 48.4 Å². The quantitative estimate of drug-likeness (QED) is 0.672. The fourth-order valence-corrected chi connectivity index (χ4v) is 2.37. The van der Waals surface area contributed by atoms with Gasteiger partial charge in [-0.25, -0.2) is 14.2 Å². The first-order chi connectivity index (χ1) is 12.6. The molecule has 2 N–H and O–H groups in total. The van der Waals surface area contributed by atoms with E-state index in [1.165, 1.54) is 23.6 Å². The first-order valence-electron chi connectivity index (χ1n) is 8.48. The first kappa shape index (κ1) is 19.4. The molecule has 0 aliphatic rings. The van der Waals surface area contributed by atoms with Crippen molar-refractivity contribution in [3.8, 4) is 0 Å². The molecular weight excluding hydrogens is 339 g/mol. The lowest BCUT2D eigenvalue weighted by Crippen LogP contribution is -2.35. The van der Waals surface area contributed by atoms with Crippen molar-refractivity contribution < 1.29 is 18.4 Å². The Morgan fingerprint density at radius 3 is 2.73 bits per heavy atom. The van der Waals surface area contributed by atoms with Gasteiger partial charge in [0.2, 0.25) is 5.91 Å². The van der Waals surface area contributed by atoms with Gasteiger partial charge in [-0.2, -0.15) is 0 Å². The van der Waals surface area contributed by atoms with Crippen molar-refractivity contribution in [3.63, 3.8) is 0 Å². The van der Waals surface area contributed by atoms with Crippen LogP contribution in [0.2, 0.25) is 0 Å². The highest BCUT2D eigenvalue weighted by Crippen LogP contribution is 2.18. The smallest absolute Gasteiger partial charge is 0.315 e. The minimum absolute atomic E-state index is 0.132. The van der Waals surface area contributed by atoms with E-state index in [1.54, 1.807) is 25.2 Å². The van der Waals surface area contributed by atoms with E-state index in [9.17, 15) is 14.0 Å². The summed E-state index contributed by atoms with van der Waals surface area (Å²) in [6.07, 6.45) is 5.41. The number of hydrogen-bond acceptors (Lipinski definition) is 4. The van der Waals surface area contributed by atoms with Gasteiger partial charge in [0.05, 0.1) is 18.4 Å². The zero-order valence-electron chi connectivity index (χ0n) is 14.7. The molecule has 0 aliphatic carbocycles. The van der Waals surface area contributed by atoms with Crippen LogP contribution in [0.3, 0.4) is 0 Å². The number of unbranched alkanes of at least 4 members (excludes halogenated alkanes) is 2. The number of rotatable bonds is 9. The number of anilines is 1. The summed E-state index contributed by atoms with van der Waals surface area (Å²) >= 11 is 0. The lowest BCUT2D eigenvalue weighted by Gasteiger charge is -2.17. The summed E-state index contributed by atoms with van der Waals surface area (Å²) in [7, 11) is 1.57. The second kappa shape index (κ2) is 10.2. The fourth-order valence-electron chi connectivity index (χ4n) is 2.37. The number of nitrogens with one attached hydrogen (secondary N) is 2. The Bertz CT molecular complexity index is 706. The van der Waals surface area contributed by atoms with Crippen LogP contribution in [0, 0.1) is 5.82 Å². The molecule has 2 aromatic rings. The van der Waals surface area contributed by atoms with Crippen LogP contribution in [0.4, 0.5) is 14.9 Å². The summed E-state index contributed by atoms with van der Waals surface area (Å²) in [5.41, 5.74) is 0.280. The highest BCUT2D eigenvalue weighted by Gasteiger charge is 2.13. The van der Waals surface area contributed by atoms with Crippen molar-refractivity contribution in [1.29, 1.82) is 0 Å². The molecule has 1 heterocycles. The Morgan fingerprint density at radius 2 is 2.00 bits per heavy atom. The number of amides is 3. The molecule has 0 saturated heterocycles. The average Bonchev–Trinajstić information content (AvgIpc) is 3.16. The summed E-state index contributed by atoms with van der Waals surface area (Å²) in [5, 5.41) is 5.38. The summed E-state index contributed by atoms with van der Waals surface area (Å²) in [6.45, 7) is 0.794. The van der Waals surface area contributed by atoms with E-state index in [4.69, 9.17) is 4.42 Å². The normalized spacial score (nSPS) is 10.4. The number of benzene rings is 1. The molecule has 26 heavy (non-hydrogen) atoms. The molecule has 8 heteroatoms. The highest BCUT2D eigenvalue weighted by atomic mass is 19.1. The maximum Gasteiger partial charge on any atom is 0.315 e. The zero-order valence-corrected chi connectivity index (χ0v) is 14.7. The van der Waals surface area contributed by atoms with Gasteiger partial charge in [-0.1, -0.05) is 18.6 Å². The molecule has 0 atom stereocenters. The molecule has 140 valence electrons. The van der Waals surface area contributed by atoms with Crippen LogP contribution < -0.4 is 15.5 Å². The summed E-state index contributed by atoms with van der Waals surface area (Å²) in [5.74, 6) is 0.0365. The maximum absolute atomic E-state index is 13.7. The Kier molecular flexibility index (Phi) is 7.60. The predicted octanol–water partition coefficient (Wildman–Crippen LogP) is 2.84. The molecule has 0 fully saturated rings. The minimum atomic E-state index is -0.413. The Morgan fingerprint density at radius 1 is 1.19 bits per heavy atom. The van der Waals surface area contributed by atoms with Crippen molar-refractivity contribution in [2.75, 3.05) is 18.5 Å². The topological polar surface area (TPSA) is 87.5 Å². The molecule has 2 rings (SSSR count). The predicted molar refractivity (Wildman–Crippen MR) is 95.0 cm³/mol. The lowest BCUT2D eigenvalue weighted by molar-refractivity contribution is -0.118. The number of nitrogens with zero attached hydrogens (tertiary/aromatic N) is 2. The van der Waals surface area contributed by atoms with Crippen LogP contribution in [-0.2, 0) is 11.3 Å². The van der Waals surface area contributed by atoms with Crippen LogP contribution in [0.1, 0.15) is 31.4 Å². The number of aromatic nitrogens is 1. The number of halogens is 1. The molecule has 0 saturated carbocycles. The minimum Gasteiger partial charge on any atom is -0.447 e. The van der Waals surface area contributed by atoms with E-state index in [-0.39, 0.29) is 24.2 Å². The van der Waals surface area contributed by atoms with E-state index < -0.39 is 5.82 Å². The molecule has 0 radical (unpaired) electrons. The molecule has 0 unspecified atom stereocenters. The number of para-hydroxylation sites is 1. The summed E-state index contributed by atoms with van der Waals surface area (Å²) in [6, 6.07) is 5.91. The van der Waals surface area contributed by atoms with Gasteiger partial charge >= 0.3 is 6.03 Å².